The molecule has 0 aliphatic carbocycles. The topological polar surface area (TPSA) is 82.6 Å². The first-order chi connectivity index (χ1) is 9.56. The number of nitrogens with zero attached hydrogens (tertiary/aromatic N) is 1. The first kappa shape index (κ1) is 12.2. The smallest absolute Gasteiger partial charge is 0.433 e. The van der Waals surface area contributed by atoms with E-state index in [1.807, 2.05) is 13.0 Å². The number of rotatable bonds is 2. The molecule has 0 unspecified atom stereocenters. The molecule has 1 aromatic carbocycles. The number of hydrogen-bond donors (Lipinski definition) is 0. The molecule has 1 aliphatic rings. The molecule has 0 fully saturated rings. The lowest BCUT2D eigenvalue weighted by Gasteiger charge is -2.00. The first-order valence-electron chi connectivity index (χ1n) is 5.84. The van der Waals surface area contributed by atoms with Gasteiger partial charge >= 0.3 is 5.88 Å². The maximum atomic E-state index is 12.1. The van der Waals surface area contributed by atoms with E-state index in [1.54, 1.807) is 12.1 Å². The van der Waals surface area contributed by atoms with Gasteiger partial charge in [-0.3, -0.25) is 14.9 Å². The van der Waals surface area contributed by atoms with Crippen LogP contribution in [0.1, 0.15) is 21.7 Å². The Morgan fingerprint density at radius 3 is 2.70 bits per heavy atom. The predicted molar refractivity (Wildman–Crippen MR) is 69.5 cm³/mol. The maximum Gasteiger partial charge on any atom is 0.433 e. The number of hydrogen-bond acceptors (Lipinski definition) is 5. The second kappa shape index (κ2) is 4.34. The lowest BCUT2D eigenvalue weighted by atomic mass is 10.1. The van der Waals surface area contributed by atoms with Gasteiger partial charge in [0.15, 0.2) is 5.76 Å². The van der Waals surface area contributed by atoms with Gasteiger partial charge in [-0.25, -0.2) is 0 Å². The fourth-order valence-electron chi connectivity index (χ4n) is 2.00. The number of aryl methyl sites for hydroxylation is 1. The van der Waals surface area contributed by atoms with Crippen LogP contribution in [0.3, 0.4) is 0 Å². The minimum Gasteiger partial charge on any atom is -0.452 e. The second-order valence-electron chi connectivity index (χ2n) is 4.32. The first-order valence-corrected chi connectivity index (χ1v) is 5.84. The molecule has 0 amide bonds. The molecule has 0 spiro atoms. The minimum absolute atomic E-state index is 0.0959. The fraction of sp³-hybridized carbons (Fsp3) is 0.0714. The molecule has 2 heterocycles. The maximum absolute atomic E-state index is 12.1. The van der Waals surface area contributed by atoms with Gasteiger partial charge in [-0.1, -0.05) is 12.1 Å². The highest BCUT2D eigenvalue weighted by molar-refractivity contribution is 6.14. The fourth-order valence-corrected chi connectivity index (χ4v) is 2.00. The molecule has 6 nitrogen and oxygen atoms in total. The van der Waals surface area contributed by atoms with Crippen molar-refractivity contribution in [2.45, 2.75) is 6.92 Å². The van der Waals surface area contributed by atoms with E-state index in [1.165, 1.54) is 18.2 Å². The van der Waals surface area contributed by atoms with E-state index in [2.05, 4.69) is 0 Å². The number of ether oxygens (including phenoxy) is 1. The molecule has 100 valence electrons. The zero-order chi connectivity index (χ0) is 14.3. The van der Waals surface area contributed by atoms with E-state index in [4.69, 9.17) is 9.15 Å². The van der Waals surface area contributed by atoms with Crippen LogP contribution in [0.25, 0.3) is 6.08 Å². The number of Topliss-reactive ketones (excluding diaryl/α,β-unsaturated/α-hetero) is 1. The lowest BCUT2D eigenvalue weighted by Crippen LogP contribution is -1.97. The van der Waals surface area contributed by atoms with E-state index >= 15 is 0 Å². The molecule has 1 aromatic heterocycles. The van der Waals surface area contributed by atoms with Crippen LogP contribution in [-0.4, -0.2) is 10.7 Å². The average molecular weight is 271 g/mol. The third-order valence-electron chi connectivity index (χ3n) is 2.96. The van der Waals surface area contributed by atoms with Gasteiger partial charge in [0.25, 0.3) is 0 Å². The standard InChI is InChI=1S/C14H9NO5/c1-8-3-2-4-10-13(16)11(20-14(8)10)7-9-5-6-12(19-9)15(17)18/h2-7H,1H3/b11-7-. The van der Waals surface area contributed by atoms with Gasteiger partial charge in [0.05, 0.1) is 11.6 Å². The highest BCUT2D eigenvalue weighted by atomic mass is 16.6. The van der Waals surface area contributed by atoms with Gasteiger partial charge in [0, 0.05) is 6.08 Å². The van der Waals surface area contributed by atoms with Crippen LogP contribution in [0.15, 0.2) is 40.5 Å². The van der Waals surface area contributed by atoms with Gasteiger partial charge in [-0.2, -0.15) is 0 Å². The van der Waals surface area contributed by atoms with Crippen molar-refractivity contribution in [3.63, 3.8) is 0 Å². The Kier molecular flexibility index (Phi) is 2.64. The van der Waals surface area contributed by atoms with Crippen molar-refractivity contribution in [1.29, 1.82) is 0 Å². The number of benzene rings is 1. The van der Waals surface area contributed by atoms with Crippen LogP contribution < -0.4 is 4.74 Å². The Balaban J connectivity index is 1.97. The van der Waals surface area contributed by atoms with Crippen LogP contribution >= 0.6 is 0 Å². The summed E-state index contributed by atoms with van der Waals surface area (Å²) < 4.78 is 10.5. The molecule has 0 bridgehead atoms. The van der Waals surface area contributed by atoms with E-state index in [9.17, 15) is 14.9 Å². The molecule has 2 aromatic rings. The predicted octanol–water partition coefficient (Wildman–Crippen LogP) is 3.11. The van der Waals surface area contributed by atoms with Crippen molar-refractivity contribution in [3.05, 3.63) is 63.1 Å². The Bertz CT molecular complexity index is 757. The summed E-state index contributed by atoms with van der Waals surface area (Å²) in [5, 5.41) is 10.5. The minimum atomic E-state index is -0.641. The number of ketones is 1. The third-order valence-corrected chi connectivity index (χ3v) is 2.96. The molecule has 20 heavy (non-hydrogen) atoms. The van der Waals surface area contributed by atoms with Crippen LogP contribution in [0.5, 0.6) is 5.75 Å². The molecular formula is C14H9NO5. The van der Waals surface area contributed by atoms with Gasteiger partial charge in [0.1, 0.15) is 16.4 Å². The second-order valence-corrected chi connectivity index (χ2v) is 4.32. The number of carbonyl (C=O) groups excluding carboxylic acids is 1. The van der Waals surface area contributed by atoms with Crippen molar-refractivity contribution in [2.75, 3.05) is 0 Å². The normalized spacial score (nSPS) is 15.2. The molecule has 6 heteroatoms. The summed E-state index contributed by atoms with van der Waals surface area (Å²) in [6.45, 7) is 1.84. The van der Waals surface area contributed by atoms with Crippen LogP contribution in [0.2, 0.25) is 0 Å². The van der Waals surface area contributed by atoms with Crippen molar-refractivity contribution >= 4 is 17.7 Å². The molecule has 0 radical (unpaired) electrons. The monoisotopic (exact) mass is 271 g/mol. The van der Waals surface area contributed by atoms with Crippen molar-refractivity contribution < 1.29 is 18.9 Å². The number of furan rings is 1. The molecular weight excluding hydrogens is 262 g/mol. The number of nitro groups is 1. The molecule has 0 saturated carbocycles. The van der Waals surface area contributed by atoms with Crippen LogP contribution in [-0.2, 0) is 0 Å². The highest BCUT2D eigenvalue weighted by Crippen LogP contribution is 2.34. The zero-order valence-electron chi connectivity index (χ0n) is 10.5. The van der Waals surface area contributed by atoms with Gasteiger partial charge in [0.2, 0.25) is 5.78 Å². The molecule has 3 rings (SSSR count). The van der Waals surface area contributed by atoms with Crippen molar-refractivity contribution in [3.8, 4) is 5.75 Å². The SMILES string of the molecule is Cc1cccc2c1O/C(=C\c1ccc([N+](=O)[O-])o1)C2=O. The van der Waals surface area contributed by atoms with E-state index in [0.29, 0.717) is 11.3 Å². The Hall–Kier alpha value is -2.89. The summed E-state index contributed by atoms with van der Waals surface area (Å²) >= 11 is 0. The average Bonchev–Trinajstić information content (AvgIpc) is 2.99. The summed E-state index contributed by atoms with van der Waals surface area (Å²) in [7, 11) is 0. The Morgan fingerprint density at radius 1 is 1.25 bits per heavy atom. The van der Waals surface area contributed by atoms with Crippen LogP contribution in [0, 0.1) is 17.0 Å². The van der Waals surface area contributed by atoms with Crippen molar-refractivity contribution in [2.24, 2.45) is 0 Å². The van der Waals surface area contributed by atoms with E-state index in [-0.39, 0.29) is 23.2 Å². The molecule has 1 aliphatic heterocycles. The number of fused-ring (bicyclic) bond motifs is 1. The Morgan fingerprint density at radius 2 is 2.05 bits per heavy atom. The largest absolute Gasteiger partial charge is 0.452 e. The van der Waals surface area contributed by atoms with E-state index < -0.39 is 4.92 Å². The summed E-state index contributed by atoms with van der Waals surface area (Å²) in [6, 6.07) is 7.93. The zero-order valence-corrected chi connectivity index (χ0v) is 10.5. The molecule has 0 atom stereocenters. The van der Waals surface area contributed by atoms with E-state index in [0.717, 1.165) is 5.56 Å². The third kappa shape index (κ3) is 1.87. The van der Waals surface area contributed by atoms with Gasteiger partial charge in [-0.05, 0) is 24.6 Å². The number of para-hydroxylation sites is 1. The summed E-state index contributed by atoms with van der Waals surface area (Å²) in [6.07, 6.45) is 1.36. The van der Waals surface area contributed by atoms with Crippen LogP contribution in [0.4, 0.5) is 5.88 Å². The quantitative estimate of drug-likeness (QED) is 0.476. The molecule has 0 N–H and O–H groups in total. The van der Waals surface area contributed by atoms with Crippen molar-refractivity contribution in [1.82, 2.24) is 0 Å². The van der Waals surface area contributed by atoms with Gasteiger partial charge < -0.3 is 9.15 Å². The molecule has 0 saturated heterocycles. The summed E-state index contributed by atoms with van der Waals surface area (Å²) in [5.41, 5.74) is 1.34. The highest BCUT2D eigenvalue weighted by Gasteiger charge is 2.28. The number of carbonyl (C=O) groups is 1. The summed E-state index contributed by atoms with van der Waals surface area (Å²) in [4.78, 5) is 22.0. The van der Waals surface area contributed by atoms with Gasteiger partial charge in [-0.15, -0.1) is 0 Å². The Labute approximate surface area is 113 Å². The lowest BCUT2D eigenvalue weighted by molar-refractivity contribution is -0.402. The number of allylic oxidation sites excluding steroid dienone is 1. The summed E-state index contributed by atoms with van der Waals surface area (Å²) in [5.74, 6) is 0.174.